The van der Waals surface area contributed by atoms with E-state index in [1.54, 1.807) is 0 Å². The molecular formula is C49H31N5. The minimum atomic E-state index is 0.618. The van der Waals surface area contributed by atoms with E-state index in [0.717, 1.165) is 44.5 Å². The van der Waals surface area contributed by atoms with Crippen molar-refractivity contribution in [2.24, 2.45) is 0 Å². The molecule has 11 rings (SSSR count). The Labute approximate surface area is 311 Å². The molecule has 5 heteroatoms. The Balaban J connectivity index is 1.17. The third kappa shape index (κ3) is 4.76. The van der Waals surface area contributed by atoms with Gasteiger partial charge in [0.15, 0.2) is 17.5 Å². The minimum Gasteiger partial charge on any atom is -0.309 e. The number of aromatic nitrogens is 5. The summed E-state index contributed by atoms with van der Waals surface area (Å²) in [6.07, 6.45) is 0. The van der Waals surface area contributed by atoms with Gasteiger partial charge in [0.1, 0.15) is 0 Å². The standard InChI is InChI=1S/C49H31N5/c1-2-15-33(16-3-1)47-50-48(35-27-26-32-14-4-5-17-34(32)30-35)52-49(51-47)41-21-9-13-25-45(41)54-44-24-12-8-20-39(44)40-29-28-36(31-46(40)54)53-42-22-10-6-18-37(42)38-19-7-11-23-43(38)53/h1-31H. The molecule has 8 aromatic carbocycles. The zero-order valence-corrected chi connectivity index (χ0v) is 29.1. The van der Waals surface area contributed by atoms with Crippen LogP contribution in [0.5, 0.6) is 0 Å². The van der Waals surface area contributed by atoms with Crippen molar-refractivity contribution >= 4 is 54.4 Å². The van der Waals surface area contributed by atoms with Gasteiger partial charge in [0.25, 0.3) is 0 Å². The Bertz CT molecular complexity index is 3170. The van der Waals surface area contributed by atoms with E-state index in [9.17, 15) is 0 Å². The lowest BCUT2D eigenvalue weighted by Gasteiger charge is -2.15. The largest absolute Gasteiger partial charge is 0.309 e. The Morgan fingerprint density at radius 1 is 0.315 bits per heavy atom. The van der Waals surface area contributed by atoms with Crippen LogP contribution in [-0.4, -0.2) is 24.1 Å². The van der Waals surface area contributed by atoms with Crippen molar-refractivity contribution in [3.05, 3.63) is 188 Å². The molecule has 0 amide bonds. The van der Waals surface area contributed by atoms with Crippen LogP contribution in [0, 0.1) is 0 Å². The van der Waals surface area contributed by atoms with Crippen molar-refractivity contribution < 1.29 is 0 Å². The quantitative estimate of drug-likeness (QED) is 0.181. The van der Waals surface area contributed by atoms with E-state index in [1.165, 1.54) is 38.0 Å². The fraction of sp³-hybridized carbons (Fsp3) is 0. The lowest BCUT2D eigenvalue weighted by molar-refractivity contribution is 1.06. The topological polar surface area (TPSA) is 48.5 Å². The highest BCUT2D eigenvalue weighted by molar-refractivity contribution is 6.12. The molecule has 11 aromatic rings. The van der Waals surface area contributed by atoms with Gasteiger partial charge in [-0.3, -0.25) is 0 Å². The Morgan fingerprint density at radius 3 is 1.57 bits per heavy atom. The summed E-state index contributed by atoms with van der Waals surface area (Å²) < 4.78 is 4.75. The molecule has 0 N–H and O–H groups in total. The number of para-hydroxylation sites is 4. The first-order valence-corrected chi connectivity index (χ1v) is 18.2. The van der Waals surface area contributed by atoms with Crippen molar-refractivity contribution in [2.75, 3.05) is 0 Å². The zero-order chi connectivity index (χ0) is 35.6. The number of hydrogen-bond acceptors (Lipinski definition) is 3. The lowest BCUT2D eigenvalue weighted by Crippen LogP contribution is -2.04. The van der Waals surface area contributed by atoms with Gasteiger partial charge in [0.05, 0.1) is 27.8 Å². The Kier molecular flexibility index (Phi) is 6.79. The first kappa shape index (κ1) is 30.3. The average molecular weight is 690 g/mol. The predicted octanol–water partition coefficient (Wildman–Crippen LogP) is 12.2. The van der Waals surface area contributed by atoms with Crippen LogP contribution in [-0.2, 0) is 0 Å². The molecule has 5 nitrogen and oxygen atoms in total. The predicted molar refractivity (Wildman–Crippen MR) is 222 cm³/mol. The number of hydrogen-bond donors (Lipinski definition) is 0. The van der Waals surface area contributed by atoms with Gasteiger partial charge in [-0.25, -0.2) is 15.0 Å². The highest BCUT2D eigenvalue weighted by atomic mass is 15.1. The van der Waals surface area contributed by atoms with Gasteiger partial charge in [0.2, 0.25) is 0 Å². The maximum Gasteiger partial charge on any atom is 0.166 e. The second kappa shape index (κ2) is 12.1. The monoisotopic (exact) mass is 689 g/mol. The molecule has 54 heavy (non-hydrogen) atoms. The summed E-state index contributed by atoms with van der Waals surface area (Å²) in [5.74, 6) is 1.89. The van der Waals surface area contributed by atoms with Crippen LogP contribution in [0.4, 0.5) is 0 Å². The van der Waals surface area contributed by atoms with E-state index in [2.05, 4.69) is 179 Å². The van der Waals surface area contributed by atoms with Crippen LogP contribution >= 0.6 is 0 Å². The van der Waals surface area contributed by atoms with Crippen molar-refractivity contribution in [3.8, 4) is 45.5 Å². The van der Waals surface area contributed by atoms with Crippen molar-refractivity contribution in [3.63, 3.8) is 0 Å². The normalized spacial score (nSPS) is 11.7. The highest BCUT2D eigenvalue weighted by Gasteiger charge is 2.20. The molecule has 0 saturated carbocycles. The molecule has 3 aromatic heterocycles. The molecule has 0 radical (unpaired) electrons. The summed E-state index contributed by atoms with van der Waals surface area (Å²) >= 11 is 0. The summed E-state index contributed by atoms with van der Waals surface area (Å²) in [7, 11) is 0. The SMILES string of the molecule is c1ccc(-c2nc(-c3ccc4ccccc4c3)nc(-c3ccccc3-n3c4ccccc4c4ccc(-n5c6ccccc6c6ccccc65)cc43)n2)cc1. The average Bonchev–Trinajstić information content (AvgIpc) is 3.76. The van der Waals surface area contributed by atoms with Gasteiger partial charge in [-0.05, 0) is 59.3 Å². The van der Waals surface area contributed by atoms with Crippen molar-refractivity contribution in [1.82, 2.24) is 24.1 Å². The Hall–Kier alpha value is -7.37. The number of fused-ring (bicyclic) bond motifs is 7. The van der Waals surface area contributed by atoms with E-state index in [0.29, 0.717) is 17.5 Å². The van der Waals surface area contributed by atoms with E-state index < -0.39 is 0 Å². The van der Waals surface area contributed by atoms with E-state index in [1.807, 2.05) is 18.2 Å². The van der Waals surface area contributed by atoms with Crippen LogP contribution in [0.15, 0.2) is 188 Å². The molecule has 252 valence electrons. The third-order valence-corrected chi connectivity index (χ3v) is 10.6. The van der Waals surface area contributed by atoms with E-state index >= 15 is 0 Å². The fourth-order valence-electron chi connectivity index (χ4n) is 8.09. The molecule has 0 atom stereocenters. The summed E-state index contributed by atoms with van der Waals surface area (Å²) in [5, 5.41) is 7.17. The maximum atomic E-state index is 5.22. The van der Waals surface area contributed by atoms with Gasteiger partial charge in [-0.15, -0.1) is 0 Å². The molecular weight excluding hydrogens is 659 g/mol. The summed E-state index contributed by atoms with van der Waals surface area (Å²) in [6.45, 7) is 0. The molecule has 0 spiro atoms. The molecule has 0 aliphatic carbocycles. The van der Waals surface area contributed by atoms with Crippen LogP contribution < -0.4 is 0 Å². The molecule has 0 bridgehead atoms. The molecule has 0 aliphatic heterocycles. The van der Waals surface area contributed by atoms with Gasteiger partial charge in [-0.1, -0.05) is 140 Å². The number of rotatable bonds is 5. The first-order chi connectivity index (χ1) is 26.8. The fourth-order valence-corrected chi connectivity index (χ4v) is 8.09. The summed E-state index contributed by atoms with van der Waals surface area (Å²) in [4.78, 5) is 15.5. The summed E-state index contributed by atoms with van der Waals surface area (Å²) in [6, 6.07) is 66.2. The van der Waals surface area contributed by atoms with Crippen LogP contribution in [0.1, 0.15) is 0 Å². The van der Waals surface area contributed by atoms with Crippen molar-refractivity contribution in [2.45, 2.75) is 0 Å². The van der Waals surface area contributed by atoms with Gasteiger partial charge in [0, 0.05) is 43.9 Å². The van der Waals surface area contributed by atoms with Crippen LogP contribution in [0.3, 0.4) is 0 Å². The molecule has 0 fully saturated rings. The van der Waals surface area contributed by atoms with Crippen LogP contribution in [0.2, 0.25) is 0 Å². The Morgan fingerprint density at radius 2 is 0.852 bits per heavy atom. The molecule has 3 heterocycles. The van der Waals surface area contributed by atoms with Gasteiger partial charge < -0.3 is 9.13 Å². The summed E-state index contributed by atoms with van der Waals surface area (Å²) in [5.41, 5.74) is 9.49. The number of benzene rings is 8. The van der Waals surface area contributed by atoms with Gasteiger partial charge in [-0.2, -0.15) is 0 Å². The lowest BCUT2D eigenvalue weighted by atomic mass is 10.1. The maximum absolute atomic E-state index is 5.22. The second-order valence-corrected chi connectivity index (χ2v) is 13.7. The van der Waals surface area contributed by atoms with Gasteiger partial charge >= 0.3 is 0 Å². The van der Waals surface area contributed by atoms with E-state index in [-0.39, 0.29) is 0 Å². The third-order valence-electron chi connectivity index (χ3n) is 10.6. The molecule has 0 aliphatic rings. The minimum absolute atomic E-state index is 0.618. The smallest absolute Gasteiger partial charge is 0.166 e. The van der Waals surface area contributed by atoms with E-state index in [4.69, 9.17) is 15.0 Å². The number of nitrogens with zero attached hydrogens (tertiary/aromatic N) is 5. The zero-order valence-electron chi connectivity index (χ0n) is 29.1. The molecule has 0 unspecified atom stereocenters. The molecule has 0 saturated heterocycles. The second-order valence-electron chi connectivity index (χ2n) is 13.7. The first-order valence-electron chi connectivity index (χ1n) is 18.2. The van der Waals surface area contributed by atoms with Crippen molar-refractivity contribution in [1.29, 1.82) is 0 Å². The highest BCUT2D eigenvalue weighted by Crippen LogP contribution is 2.39. The van der Waals surface area contributed by atoms with Crippen LogP contribution in [0.25, 0.3) is 99.9 Å².